The van der Waals surface area contributed by atoms with Crippen molar-refractivity contribution < 1.29 is 42.1 Å². The minimum absolute atomic E-state index is 0.0355. The summed E-state index contributed by atoms with van der Waals surface area (Å²) >= 11 is 0. The zero-order chi connectivity index (χ0) is 68.3. The van der Waals surface area contributed by atoms with Crippen molar-refractivity contribution in [2.45, 2.75) is 328 Å². The predicted molar refractivity (Wildman–Crippen MR) is 406 cm³/mol. The molecule has 0 aromatic carbocycles. The largest absolute Gasteiger partial charge is 0.756 e. The minimum atomic E-state index is -4.65. The first kappa shape index (κ1) is 89.9. The number of hydrogen-bond acceptors (Lipinski definition) is 8. The zero-order valence-electron chi connectivity index (χ0n) is 61.4. The second kappa shape index (κ2) is 73.1. The fourth-order valence-corrected chi connectivity index (χ4v) is 11.3. The molecule has 0 aliphatic rings. The number of likely N-dealkylation sites (N-methyl/N-ethyl adjacent to an activating group) is 1. The van der Waals surface area contributed by atoms with Crippen molar-refractivity contribution in [3.05, 3.63) is 146 Å². The van der Waals surface area contributed by atoms with Crippen LogP contribution >= 0.6 is 7.82 Å². The summed E-state index contributed by atoms with van der Waals surface area (Å²) in [6.07, 6.45) is 108. The second-order valence-corrected chi connectivity index (χ2v) is 28.0. The Bertz CT molecular complexity index is 2100. The number of carbonyl (C=O) groups excluding carboxylic acids is 2. The third-order valence-corrected chi connectivity index (χ3v) is 17.3. The topological polar surface area (TPSA) is 111 Å². The summed E-state index contributed by atoms with van der Waals surface area (Å²) in [4.78, 5) is 38.2. The fourth-order valence-electron chi connectivity index (χ4n) is 10.5. The van der Waals surface area contributed by atoms with Gasteiger partial charge in [-0.05, 0) is 116 Å². The van der Waals surface area contributed by atoms with Crippen LogP contribution in [0.15, 0.2) is 146 Å². The quantitative estimate of drug-likeness (QED) is 0.0195. The van der Waals surface area contributed by atoms with Crippen molar-refractivity contribution in [1.82, 2.24) is 0 Å². The van der Waals surface area contributed by atoms with Crippen LogP contribution in [0.5, 0.6) is 0 Å². The van der Waals surface area contributed by atoms with Crippen LogP contribution in [0.3, 0.4) is 0 Å². The molecule has 2 unspecified atom stereocenters. The Morgan fingerprint density at radius 1 is 0.330 bits per heavy atom. The molecular weight excluding hydrogens is 1180 g/mol. The monoisotopic (exact) mass is 1330 g/mol. The van der Waals surface area contributed by atoms with Gasteiger partial charge in [0.05, 0.1) is 27.7 Å². The van der Waals surface area contributed by atoms with Gasteiger partial charge in [0.25, 0.3) is 7.82 Å². The average Bonchev–Trinajstić information content (AvgIpc) is 1.56. The van der Waals surface area contributed by atoms with Gasteiger partial charge in [-0.1, -0.05) is 339 Å². The lowest BCUT2D eigenvalue weighted by Crippen LogP contribution is -2.37. The summed E-state index contributed by atoms with van der Waals surface area (Å²) in [6.45, 7) is 4.04. The number of rotatable bonds is 70. The minimum Gasteiger partial charge on any atom is -0.756 e. The van der Waals surface area contributed by atoms with Gasteiger partial charge in [0.1, 0.15) is 19.8 Å². The SMILES string of the molecule is CC/C=C\C/C=C\C/C=C\C/C=C\C/C=C\C/C=C\C/C=C\C/C=C\CCCCCCCCCCCCCCC(=O)OC(COC(=O)CCCCCCCCCCCCCCCCCCCCCC/C=C\C/C=C\C/C=C\C/C=C\CC)COP(=O)([O-])OCC[N+](C)(C)C. The maximum atomic E-state index is 12.9. The second-order valence-electron chi connectivity index (χ2n) is 26.6. The van der Waals surface area contributed by atoms with E-state index in [0.29, 0.717) is 17.4 Å². The van der Waals surface area contributed by atoms with E-state index >= 15 is 0 Å². The van der Waals surface area contributed by atoms with Gasteiger partial charge in [-0.2, -0.15) is 0 Å². The molecule has 538 valence electrons. The van der Waals surface area contributed by atoms with Crippen molar-refractivity contribution in [2.75, 3.05) is 47.5 Å². The van der Waals surface area contributed by atoms with E-state index in [1.807, 2.05) is 21.1 Å². The van der Waals surface area contributed by atoms with Crippen LogP contribution in [0, 0.1) is 0 Å². The molecule has 0 aliphatic heterocycles. The molecule has 0 saturated carbocycles. The van der Waals surface area contributed by atoms with E-state index in [1.54, 1.807) is 0 Å². The van der Waals surface area contributed by atoms with E-state index in [1.165, 1.54) is 173 Å². The van der Waals surface area contributed by atoms with Crippen LogP contribution in [0.25, 0.3) is 0 Å². The first-order valence-corrected chi connectivity index (χ1v) is 40.0. The Morgan fingerprint density at radius 3 is 0.851 bits per heavy atom. The van der Waals surface area contributed by atoms with Gasteiger partial charge in [0, 0.05) is 12.8 Å². The molecule has 0 heterocycles. The molecule has 94 heavy (non-hydrogen) atoms. The van der Waals surface area contributed by atoms with E-state index in [0.717, 1.165) is 116 Å². The van der Waals surface area contributed by atoms with Gasteiger partial charge in [0.15, 0.2) is 6.10 Å². The van der Waals surface area contributed by atoms with Crippen molar-refractivity contribution in [3.8, 4) is 0 Å². The molecule has 0 amide bonds. The molecule has 0 radical (unpaired) electrons. The number of carbonyl (C=O) groups is 2. The van der Waals surface area contributed by atoms with E-state index in [4.69, 9.17) is 18.5 Å². The lowest BCUT2D eigenvalue weighted by molar-refractivity contribution is -0.870. The number of hydrogen-bond donors (Lipinski definition) is 0. The number of phosphoric ester groups is 1. The Morgan fingerprint density at radius 2 is 0.574 bits per heavy atom. The molecule has 0 saturated heterocycles. The molecule has 0 aliphatic carbocycles. The smallest absolute Gasteiger partial charge is 0.306 e. The lowest BCUT2D eigenvalue weighted by atomic mass is 10.0. The fraction of sp³-hybridized carbons (Fsp3) is 0.690. The van der Waals surface area contributed by atoms with Crippen LogP contribution in [-0.2, 0) is 32.7 Å². The Balaban J connectivity index is 4.02. The highest BCUT2D eigenvalue weighted by Gasteiger charge is 2.22. The van der Waals surface area contributed by atoms with Crippen molar-refractivity contribution in [1.29, 1.82) is 0 Å². The first-order valence-electron chi connectivity index (χ1n) is 38.5. The third-order valence-electron chi connectivity index (χ3n) is 16.4. The number of phosphoric acid groups is 1. The molecule has 9 nitrogen and oxygen atoms in total. The molecule has 10 heteroatoms. The molecule has 0 aromatic rings. The highest BCUT2D eigenvalue weighted by Crippen LogP contribution is 2.38. The zero-order valence-corrected chi connectivity index (χ0v) is 62.3. The highest BCUT2D eigenvalue weighted by atomic mass is 31.2. The number of allylic oxidation sites excluding steroid dienone is 24. The maximum absolute atomic E-state index is 12.9. The van der Waals surface area contributed by atoms with Gasteiger partial charge in [-0.15, -0.1) is 0 Å². The summed E-state index contributed by atoms with van der Waals surface area (Å²) < 4.78 is 34.4. The number of ether oxygens (including phenoxy) is 2. The standard InChI is InChI=1S/C84H144NO8P/c1-6-8-10-12-14-16-18-20-22-24-26-28-30-32-34-36-38-40-41-42-43-45-47-49-51-53-55-57-59-61-63-65-67-69-71-73-75-77-84(87)93-82(81-92-94(88,89)91-79-78-85(3,4)5)80-90-83(86)76-74-72-70-68-66-64-62-60-58-56-54-52-50-48-46-44-39-37-35-33-31-29-27-25-23-21-19-17-15-13-11-9-7-2/h8-11,14-17,20-23,26-29,32,34,38,40,42-43,47,49,82H,6-7,12-13,18-19,24-25,30-31,33,35-37,39,41,44-46,48,50-81H2,1-5H3/b10-8-,11-9-,16-14-,17-15-,22-20-,23-21-,28-26-,29-27-,34-32-,40-38-,43-42-,49-47-. The van der Waals surface area contributed by atoms with E-state index < -0.39 is 26.5 Å². The Hall–Kier alpha value is -4.11. The first-order chi connectivity index (χ1) is 46.0. The van der Waals surface area contributed by atoms with Crippen LogP contribution in [0.4, 0.5) is 0 Å². The summed E-state index contributed by atoms with van der Waals surface area (Å²) in [5.41, 5.74) is 0. The molecule has 0 rings (SSSR count). The number of unbranched alkanes of at least 4 members (excludes halogenated alkanes) is 32. The number of quaternary nitrogens is 1. The molecule has 0 N–H and O–H groups in total. The van der Waals surface area contributed by atoms with Gasteiger partial charge in [-0.25, -0.2) is 0 Å². The predicted octanol–water partition coefficient (Wildman–Crippen LogP) is 25.1. The maximum Gasteiger partial charge on any atom is 0.306 e. The van der Waals surface area contributed by atoms with Crippen molar-refractivity contribution in [3.63, 3.8) is 0 Å². The van der Waals surface area contributed by atoms with E-state index in [9.17, 15) is 19.0 Å². The van der Waals surface area contributed by atoms with E-state index in [2.05, 4.69) is 160 Å². The van der Waals surface area contributed by atoms with Crippen molar-refractivity contribution >= 4 is 19.8 Å². The summed E-state index contributed by atoms with van der Waals surface area (Å²) in [5, 5.41) is 0. The van der Waals surface area contributed by atoms with Crippen molar-refractivity contribution in [2.24, 2.45) is 0 Å². The Kier molecular flexibility index (Phi) is 69.9. The Labute approximate surface area is 580 Å². The summed E-state index contributed by atoms with van der Waals surface area (Å²) in [5.74, 6) is -0.830. The third kappa shape index (κ3) is 76.9. The van der Waals surface area contributed by atoms with Crippen LogP contribution in [0.1, 0.15) is 322 Å². The number of esters is 2. The van der Waals surface area contributed by atoms with Gasteiger partial charge in [0.2, 0.25) is 0 Å². The summed E-state index contributed by atoms with van der Waals surface area (Å²) in [6, 6.07) is 0. The van der Waals surface area contributed by atoms with Gasteiger partial charge in [-0.3, -0.25) is 14.2 Å². The van der Waals surface area contributed by atoms with Gasteiger partial charge >= 0.3 is 11.9 Å². The van der Waals surface area contributed by atoms with E-state index in [-0.39, 0.29) is 32.0 Å². The van der Waals surface area contributed by atoms with Crippen LogP contribution < -0.4 is 4.89 Å². The number of nitrogens with zero attached hydrogens (tertiary/aromatic N) is 1. The van der Waals surface area contributed by atoms with Gasteiger partial charge < -0.3 is 27.9 Å². The normalized spacial score (nSPS) is 13.9. The lowest BCUT2D eigenvalue weighted by Gasteiger charge is -2.28. The molecule has 0 bridgehead atoms. The van der Waals surface area contributed by atoms with Crippen LogP contribution in [0.2, 0.25) is 0 Å². The average molecular weight is 1330 g/mol. The molecule has 0 fully saturated rings. The van der Waals surface area contributed by atoms with Crippen LogP contribution in [-0.4, -0.2) is 70.0 Å². The molecular formula is C84H144NO8P. The molecule has 0 aromatic heterocycles. The molecule has 2 atom stereocenters. The molecule has 0 spiro atoms. The summed E-state index contributed by atoms with van der Waals surface area (Å²) in [7, 11) is 1.16. The highest BCUT2D eigenvalue weighted by molar-refractivity contribution is 7.45.